The quantitative estimate of drug-likeness (QED) is 0.503. The van der Waals surface area contributed by atoms with E-state index in [0.29, 0.717) is 12.3 Å². The third kappa shape index (κ3) is 6.14. The van der Waals surface area contributed by atoms with Crippen LogP contribution in [0.25, 0.3) is 0 Å². The number of nitrogens with zero attached hydrogens (tertiary/aromatic N) is 1. The zero-order chi connectivity index (χ0) is 24.0. The largest absolute Gasteiger partial charge is 0.494 e. The fraction of sp³-hybridized carbons (Fsp3) is 0.269. The van der Waals surface area contributed by atoms with Gasteiger partial charge in [-0.25, -0.2) is 8.42 Å². The summed E-state index contributed by atoms with van der Waals surface area (Å²) in [7, 11) is -3.94. The van der Waals surface area contributed by atoms with Gasteiger partial charge in [0.1, 0.15) is 12.3 Å². The van der Waals surface area contributed by atoms with Gasteiger partial charge in [0.05, 0.1) is 17.2 Å². The van der Waals surface area contributed by atoms with Gasteiger partial charge in [-0.05, 0) is 69.2 Å². The van der Waals surface area contributed by atoms with E-state index in [1.54, 1.807) is 30.3 Å². The molecule has 3 rings (SSSR count). The predicted octanol–water partition coefficient (Wildman–Crippen LogP) is 4.52. The van der Waals surface area contributed by atoms with Crippen molar-refractivity contribution < 1.29 is 17.9 Å². The zero-order valence-electron chi connectivity index (χ0n) is 19.5. The highest BCUT2D eigenvalue weighted by molar-refractivity contribution is 7.92. The Morgan fingerprint density at radius 2 is 1.55 bits per heavy atom. The van der Waals surface area contributed by atoms with Crippen LogP contribution in [0.2, 0.25) is 0 Å². The first kappa shape index (κ1) is 24.3. The molecule has 0 aliphatic carbocycles. The molecule has 6 nitrogen and oxygen atoms in total. The van der Waals surface area contributed by atoms with Gasteiger partial charge in [-0.3, -0.25) is 9.10 Å². The molecule has 0 saturated heterocycles. The lowest BCUT2D eigenvalue weighted by molar-refractivity contribution is -0.119. The van der Waals surface area contributed by atoms with Crippen molar-refractivity contribution in [3.63, 3.8) is 0 Å². The summed E-state index contributed by atoms with van der Waals surface area (Å²) in [4.78, 5) is 13.0. The number of aryl methyl sites for hydroxylation is 3. The molecule has 0 heterocycles. The fourth-order valence-corrected chi connectivity index (χ4v) is 4.97. The van der Waals surface area contributed by atoms with E-state index >= 15 is 0 Å². The number of hydrogen-bond donors (Lipinski definition) is 1. The second-order valence-corrected chi connectivity index (χ2v) is 9.83. The number of amides is 1. The lowest BCUT2D eigenvalue weighted by Crippen LogP contribution is -2.41. The van der Waals surface area contributed by atoms with Crippen LogP contribution in [0.4, 0.5) is 5.69 Å². The molecule has 0 aliphatic rings. The maximum Gasteiger partial charge on any atom is 0.264 e. The Balaban J connectivity index is 1.83. The monoisotopic (exact) mass is 466 g/mol. The lowest BCUT2D eigenvalue weighted by atomic mass is 10.1. The van der Waals surface area contributed by atoms with Gasteiger partial charge in [-0.1, -0.05) is 47.5 Å². The summed E-state index contributed by atoms with van der Waals surface area (Å²) >= 11 is 0. The number of carbonyl (C=O) groups is 1. The van der Waals surface area contributed by atoms with Gasteiger partial charge in [-0.2, -0.15) is 0 Å². The van der Waals surface area contributed by atoms with Gasteiger partial charge in [0.2, 0.25) is 5.91 Å². The van der Waals surface area contributed by atoms with Crippen LogP contribution in [0.1, 0.15) is 29.2 Å². The summed E-state index contributed by atoms with van der Waals surface area (Å²) in [6.07, 6.45) is 0. The molecule has 0 spiro atoms. The van der Waals surface area contributed by atoms with E-state index in [1.165, 1.54) is 4.31 Å². The Morgan fingerprint density at radius 1 is 0.909 bits per heavy atom. The van der Waals surface area contributed by atoms with Crippen molar-refractivity contribution in [2.75, 3.05) is 17.5 Å². The molecular weight excluding hydrogens is 436 g/mol. The normalized spacial score (nSPS) is 11.2. The number of benzene rings is 3. The lowest BCUT2D eigenvalue weighted by Gasteiger charge is -2.26. The number of sulfonamides is 1. The van der Waals surface area contributed by atoms with Crippen molar-refractivity contribution in [2.24, 2.45) is 0 Å². The van der Waals surface area contributed by atoms with Gasteiger partial charge in [0.25, 0.3) is 10.0 Å². The van der Waals surface area contributed by atoms with Crippen LogP contribution >= 0.6 is 0 Å². The van der Waals surface area contributed by atoms with Crippen LogP contribution in [0, 0.1) is 20.8 Å². The standard InChI is InChI=1S/C26H30N2O4S/c1-5-32-23-11-9-22(10-12-23)17-27-26(29)18-28(25-15-8-20(3)16-21(25)4)33(30,31)24-13-6-19(2)7-14-24/h6-16H,5,17-18H2,1-4H3,(H,27,29). The Morgan fingerprint density at radius 3 is 2.15 bits per heavy atom. The molecule has 3 aromatic rings. The fourth-order valence-electron chi connectivity index (χ4n) is 3.48. The van der Waals surface area contributed by atoms with Crippen LogP contribution < -0.4 is 14.4 Å². The molecule has 0 aromatic heterocycles. The number of carbonyl (C=O) groups excluding carboxylic acids is 1. The second kappa shape index (κ2) is 10.5. The van der Waals surface area contributed by atoms with E-state index in [0.717, 1.165) is 28.0 Å². The number of ether oxygens (including phenoxy) is 1. The first-order chi connectivity index (χ1) is 15.7. The molecule has 0 unspecified atom stereocenters. The molecule has 0 fully saturated rings. The number of nitrogens with one attached hydrogen (secondary N) is 1. The molecule has 1 N–H and O–H groups in total. The summed E-state index contributed by atoms with van der Waals surface area (Å²) < 4.78 is 33.7. The Labute approximate surface area is 196 Å². The number of rotatable bonds is 9. The molecule has 0 saturated carbocycles. The van der Waals surface area contributed by atoms with Crippen molar-refractivity contribution in [2.45, 2.75) is 39.1 Å². The van der Waals surface area contributed by atoms with Crippen molar-refractivity contribution in [3.05, 3.63) is 89.0 Å². The van der Waals surface area contributed by atoms with Crippen molar-refractivity contribution >= 4 is 21.6 Å². The minimum atomic E-state index is -3.94. The Hall–Kier alpha value is -3.32. The highest BCUT2D eigenvalue weighted by Gasteiger charge is 2.28. The Kier molecular flexibility index (Phi) is 7.76. The summed E-state index contributed by atoms with van der Waals surface area (Å²) in [6.45, 7) is 8.15. The second-order valence-electron chi connectivity index (χ2n) is 7.97. The average molecular weight is 467 g/mol. The highest BCUT2D eigenvalue weighted by atomic mass is 32.2. The molecule has 0 radical (unpaired) electrons. The van der Waals surface area contributed by atoms with Crippen LogP contribution in [0.5, 0.6) is 5.75 Å². The van der Waals surface area contributed by atoms with Crippen LogP contribution in [-0.4, -0.2) is 27.5 Å². The average Bonchev–Trinajstić information content (AvgIpc) is 2.78. The first-order valence-corrected chi connectivity index (χ1v) is 12.3. The molecule has 7 heteroatoms. The summed E-state index contributed by atoms with van der Waals surface area (Å²) in [5, 5.41) is 2.83. The van der Waals surface area contributed by atoms with E-state index in [-0.39, 0.29) is 23.9 Å². The molecule has 33 heavy (non-hydrogen) atoms. The van der Waals surface area contributed by atoms with E-state index in [4.69, 9.17) is 4.74 Å². The highest BCUT2D eigenvalue weighted by Crippen LogP contribution is 2.27. The molecule has 3 aromatic carbocycles. The van der Waals surface area contributed by atoms with Gasteiger partial charge < -0.3 is 10.1 Å². The Bertz CT molecular complexity index is 1200. The topological polar surface area (TPSA) is 75.7 Å². The number of hydrogen-bond acceptors (Lipinski definition) is 4. The number of anilines is 1. The molecule has 0 bridgehead atoms. The van der Waals surface area contributed by atoms with E-state index < -0.39 is 10.0 Å². The minimum Gasteiger partial charge on any atom is -0.494 e. The van der Waals surface area contributed by atoms with Gasteiger partial charge in [0, 0.05) is 6.54 Å². The molecule has 0 aliphatic heterocycles. The van der Waals surface area contributed by atoms with Crippen LogP contribution in [0.3, 0.4) is 0 Å². The zero-order valence-corrected chi connectivity index (χ0v) is 20.3. The third-order valence-corrected chi connectivity index (χ3v) is 7.02. The maximum atomic E-state index is 13.5. The van der Waals surface area contributed by atoms with Gasteiger partial charge >= 0.3 is 0 Å². The molecule has 0 atom stereocenters. The first-order valence-electron chi connectivity index (χ1n) is 10.9. The summed E-state index contributed by atoms with van der Waals surface area (Å²) in [5.41, 5.74) is 4.14. The van der Waals surface area contributed by atoms with Crippen molar-refractivity contribution in [1.82, 2.24) is 5.32 Å². The van der Waals surface area contributed by atoms with Crippen LogP contribution in [0.15, 0.2) is 71.6 Å². The smallest absolute Gasteiger partial charge is 0.264 e. The molecular formula is C26H30N2O4S. The SMILES string of the molecule is CCOc1ccc(CNC(=O)CN(c2ccc(C)cc2C)S(=O)(=O)c2ccc(C)cc2)cc1. The van der Waals surface area contributed by atoms with E-state index in [9.17, 15) is 13.2 Å². The van der Waals surface area contributed by atoms with E-state index in [2.05, 4.69) is 5.32 Å². The predicted molar refractivity (Wildman–Crippen MR) is 131 cm³/mol. The molecule has 174 valence electrons. The summed E-state index contributed by atoms with van der Waals surface area (Å²) in [6, 6.07) is 19.6. The maximum absolute atomic E-state index is 13.5. The minimum absolute atomic E-state index is 0.146. The third-order valence-electron chi connectivity index (χ3n) is 5.24. The van der Waals surface area contributed by atoms with Crippen LogP contribution in [-0.2, 0) is 21.4 Å². The van der Waals surface area contributed by atoms with Gasteiger partial charge in [-0.15, -0.1) is 0 Å². The summed E-state index contributed by atoms with van der Waals surface area (Å²) in [5.74, 6) is 0.373. The van der Waals surface area contributed by atoms with Crippen molar-refractivity contribution in [1.29, 1.82) is 0 Å². The van der Waals surface area contributed by atoms with E-state index in [1.807, 2.05) is 64.1 Å². The van der Waals surface area contributed by atoms with Gasteiger partial charge in [0.15, 0.2) is 0 Å². The molecule has 1 amide bonds. The van der Waals surface area contributed by atoms with Crippen molar-refractivity contribution in [3.8, 4) is 5.75 Å².